The molecule has 4 heteroatoms. The molecule has 0 aliphatic carbocycles. The number of nitrogens with two attached hydrogens (primary N) is 1. The van der Waals surface area contributed by atoms with Gasteiger partial charge in [-0.25, -0.2) is 4.39 Å². The monoisotopic (exact) mass is 261 g/mol. The first-order valence-corrected chi connectivity index (χ1v) is 5.29. The fourth-order valence-corrected chi connectivity index (χ4v) is 1.68. The lowest BCUT2D eigenvalue weighted by molar-refractivity contribution is 0.447. The predicted octanol–water partition coefficient (Wildman–Crippen LogP) is 3.09. The fourth-order valence-electron chi connectivity index (χ4n) is 1.32. The third-order valence-corrected chi connectivity index (χ3v) is 2.85. The Morgan fingerprint density at radius 2 is 2.21 bits per heavy atom. The Hall–Kier alpha value is -0.610. The molecule has 0 aromatic heterocycles. The van der Waals surface area contributed by atoms with Crippen LogP contribution in [0.4, 0.5) is 4.39 Å². The highest BCUT2D eigenvalue weighted by atomic mass is 79.9. The summed E-state index contributed by atoms with van der Waals surface area (Å²) in [6, 6.07) is 2.58. The van der Waals surface area contributed by atoms with Gasteiger partial charge in [0.25, 0.3) is 0 Å². The lowest BCUT2D eigenvalue weighted by Gasteiger charge is -2.13. The summed E-state index contributed by atoms with van der Waals surface area (Å²) in [5.74, 6) is -0.569. The quantitative estimate of drug-likeness (QED) is 0.879. The van der Waals surface area contributed by atoms with Gasteiger partial charge in [0.15, 0.2) is 0 Å². The van der Waals surface area contributed by atoms with Crippen LogP contribution in [-0.4, -0.2) is 5.11 Å². The molecule has 0 radical (unpaired) electrons. The van der Waals surface area contributed by atoms with Crippen LogP contribution in [-0.2, 0) is 0 Å². The van der Waals surface area contributed by atoms with Gasteiger partial charge in [-0.05, 0) is 28.4 Å². The molecule has 14 heavy (non-hydrogen) atoms. The summed E-state index contributed by atoms with van der Waals surface area (Å²) in [4.78, 5) is 0. The van der Waals surface area contributed by atoms with E-state index >= 15 is 0 Å². The van der Waals surface area contributed by atoms with Gasteiger partial charge in [-0.3, -0.25) is 0 Å². The van der Waals surface area contributed by atoms with E-state index in [2.05, 4.69) is 15.9 Å². The van der Waals surface area contributed by atoms with Gasteiger partial charge in [-0.1, -0.05) is 19.4 Å². The van der Waals surface area contributed by atoms with Crippen molar-refractivity contribution in [2.75, 3.05) is 0 Å². The van der Waals surface area contributed by atoms with Crippen molar-refractivity contribution in [3.8, 4) is 5.75 Å². The van der Waals surface area contributed by atoms with Crippen LogP contribution < -0.4 is 5.73 Å². The van der Waals surface area contributed by atoms with Gasteiger partial charge in [-0.15, -0.1) is 0 Å². The fraction of sp³-hybridized carbons (Fsp3) is 0.400. The third-order valence-electron chi connectivity index (χ3n) is 2.10. The van der Waals surface area contributed by atoms with Crippen LogP contribution in [0.2, 0.25) is 0 Å². The minimum absolute atomic E-state index is 0.0848. The molecule has 0 aliphatic rings. The van der Waals surface area contributed by atoms with Crippen molar-refractivity contribution in [3.05, 3.63) is 28.0 Å². The van der Waals surface area contributed by atoms with E-state index in [0.717, 1.165) is 12.8 Å². The third kappa shape index (κ3) is 2.25. The van der Waals surface area contributed by atoms with Crippen molar-refractivity contribution >= 4 is 15.9 Å². The Bertz CT molecular complexity index is 330. The average Bonchev–Trinajstić information content (AvgIpc) is 2.15. The summed E-state index contributed by atoms with van der Waals surface area (Å²) in [6.07, 6.45) is 1.70. The molecule has 0 aliphatic heterocycles. The minimum atomic E-state index is -0.477. The maximum Gasteiger partial charge on any atom is 0.141 e. The average molecular weight is 262 g/mol. The maximum absolute atomic E-state index is 13.0. The van der Waals surface area contributed by atoms with E-state index in [4.69, 9.17) is 5.73 Å². The van der Waals surface area contributed by atoms with E-state index in [-0.39, 0.29) is 16.3 Å². The lowest BCUT2D eigenvalue weighted by atomic mass is 10.0. The molecule has 3 N–H and O–H groups in total. The molecule has 0 saturated carbocycles. The zero-order valence-electron chi connectivity index (χ0n) is 7.93. The normalized spacial score (nSPS) is 12.9. The molecule has 78 valence electrons. The zero-order chi connectivity index (χ0) is 10.7. The summed E-state index contributed by atoms with van der Waals surface area (Å²) >= 11 is 2.97. The second kappa shape index (κ2) is 4.75. The summed E-state index contributed by atoms with van der Waals surface area (Å²) in [5.41, 5.74) is 6.41. The number of hydrogen-bond donors (Lipinski definition) is 2. The molecule has 1 rings (SSSR count). The van der Waals surface area contributed by atoms with Gasteiger partial charge in [0.1, 0.15) is 11.6 Å². The number of benzene rings is 1. The molecule has 1 aromatic carbocycles. The minimum Gasteiger partial charge on any atom is -0.506 e. The Kier molecular flexibility index (Phi) is 3.89. The number of halogens is 2. The van der Waals surface area contributed by atoms with Gasteiger partial charge >= 0.3 is 0 Å². The molecule has 0 unspecified atom stereocenters. The Labute approximate surface area is 91.1 Å². The molecule has 1 atom stereocenters. The molecule has 2 nitrogen and oxygen atoms in total. The van der Waals surface area contributed by atoms with Crippen LogP contribution in [0.5, 0.6) is 5.75 Å². The van der Waals surface area contributed by atoms with Crippen molar-refractivity contribution in [1.82, 2.24) is 0 Å². The Morgan fingerprint density at radius 1 is 1.57 bits per heavy atom. The van der Waals surface area contributed by atoms with Crippen LogP contribution in [0, 0.1) is 5.82 Å². The molecular formula is C10H13BrFNO. The zero-order valence-corrected chi connectivity index (χ0v) is 9.51. The molecule has 0 fully saturated rings. The van der Waals surface area contributed by atoms with Crippen LogP contribution in [0.3, 0.4) is 0 Å². The first kappa shape index (κ1) is 11.5. The number of rotatable bonds is 3. The molecule has 0 heterocycles. The van der Waals surface area contributed by atoms with Crippen LogP contribution in [0.15, 0.2) is 16.6 Å². The van der Waals surface area contributed by atoms with E-state index in [1.54, 1.807) is 0 Å². The molecule has 0 saturated heterocycles. The molecule has 0 bridgehead atoms. The number of hydrogen-bond acceptors (Lipinski definition) is 2. The summed E-state index contributed by atoms with van der Waals surface area (Å²) in [6.45, 7) is 2.01. The molecule has 1 aromatic rings. The molecule has 0 spiro atoms. The van der Waals surface area contributed by atoms with Crippen molar-refractivity contribution in [2.24, 2.45) is 5.73 Å². The number of phenolic OH excluding ortho intramolecular Hbond substituents is 1. The molecular weight excluding hydrogens is 249 g/mol. The first-order valence-electron chi connectivity index (χ1n) is 4.50. The van der Waals surface area contributed by atoms with E-state index in [1.807, 2.05) is 6.92 Å². The smallest absolute Gasteiger partial charge is 0.141 e. The SMILES string of the molecule is CCC[C@@H](N)c1ccc(F)c(Br)c1O. The summed E-state index contributed by atoms with van der Waals surface area (Å²) < 4.78 is 13.0. The van der Waals surface area contributed by atoms with Gasteiger partial charge < -0.3 is 10.8 Å². The summed E-state index contributed by atoms with van der Waals surface area (Å²) in [7, 11) is 0. The lowest BCUT2D eigenvalue weighted by Crippen LogP contribution is -2.10. The largest absolute Gasteiger partial charge is 0.506 e. The van der Waals surface area contributed by atoms with Crippen molar-refractivity contribution in [1.29, 1.82) is 0 Å². The van der Waals surface area contributed by atoms with Crippen molar-refractivity contribution in [2.45, 2.75) is 25.8 Å². The van der Waals surface area contributed by atoms with Crippen LogP contribution in [0.25, 0.3) is 0 Å². The predicted molar refractivity (Wildman–Crippen MR) is 57.6 cm³/mol. The topological polar surface area (TPSA) is 46.2 Å². The highest BCUT2D eigenvalue weighted by Gasteiger charge is 2.14. The van der Waals surface area contributed by atoms with Crippen LogP contribution >= 0.6 is 15.9 Å². The van der Waals surface area contributed by atoms with Crippen molar-refractivity contribution < 1.29 is 9.50 Å². The van der Waals surface area contributed by atoms with E-state index in [1.165, 1.54) is 12.1 Å². The van der Waals surface area contributed by atoms with Crippen molar-refractivity contribution in [3.63, 3.8) is 0 Å². The highest BCUT2D eigenvalue weighted by molar-refractivity contribution is 9.10. The van der Waals surface area contributed by atoms with Gasteiger partial charge in [0.2, 0.25) is 0 Å². The summed E-state index contributed by atoms with van der Waals surface area (Å²) in [5, 5.41) is 9.61. The second-order valence-corrected chi connectivity index (χ2v) is 3.99. The Balaban J connectivity index is 3.04. The second-order valence-electron chi connectivity index (χ2n) is 3.19. The highest BCUT2D eigenvalue weighted by Crippen LogP contribution is 2.34. The molecule has 0 amide bonds. The van der Waals surface area contributed by atoms with E-state index in [0.29, 0.717) is 5.56 Å². The first-order chi connectivity index (χ1) is 6.57. The van der Waals surface area contributed by atoms with Gasteiger partial charge in [0, 0.05) is 11.6 Å². The van der Waals surface area contributed by atoms with E-state index < -0.39 is 5.82 Å². The van der Waals surface area contributed by atoms with Crippen LogP contribution in [0.1, 0.15) is 31.4 Å². The Morgan fingerprint density at radius 3 is 2.79 bits per heavy atom. The van der Waals surface area contributed by atoms with E-state index in [9.17, 15) is 9.50 Å². The van der Waals surface area contributed by atoms with Gasteiger partial charge in [0.05, 0.1) is 4.47 Å². The standard InChI is InChI=1S/C10H13BrFNO/c1-2-3-8(13)6-4-5-7(12)9(11)10(6)14/h4-5,8,14H,2-3,13H2,1H3/t8-/m1/s1. The number of aromatic hydroxyl groups is 1. The van der Waals surface area contributed by atoms with Gasteiger partial charge in [-0.2, -0.15) is 0 Å². The number of phenols is 1. The maximum atomic E-state index is 13.0.